The molecule has 168 valence electrons. The van der Waals surface area contributed by atoms with Gasteiger partial charge in [-0.2, -0.15) is 5.10 Å². The molecule has 2 aromatic heterocycles. The molecule has 0 aliphatic carbocycles. The van der Waals surface area contributed by atoms with Crippen molar-refractivity contribution >= 4 is 23.6 Å². The number of carbonyl (C=O) groups is 2. The molecule has 2 aromatic rings. The number of amides is 2. The molecule has 0 radical (unpaired) electrons. The van der Waals surface area contributed by atoms with Crippen molar-refractivity contribution in [2.24, 2.45) is 0 Å². The molecule has 0 unspecified atom stereocenters. The highest BCUT2D eigenvalue weighted by Crippen LogP contribution is 2.30. The summed E-state index contributed by atoms with van der Waals surface area (Å²) in [6.45, 7) is 4.76. The number of pyridine rings is 1. The monoisotopic (exact) mass is 429 g/mol. The minimum Gasteiger partial charge on any atom is -0.453 e. The van der Waals surface area contributed by atoms with E-state index in [1.165, 1.54) is 7.11 Å². The van der Waals surface area contributed by atoms with Crippen molar-refractivity contribution in [3.63, 3.8) is 0 Å². The molecule has 31 heavy (non-hydrogen) atoms. The van der Waals surface area contributed by atoms with Crippen LogP contribution in [-0.4, -0.2) is 72.4 Å². The first-order valence-corrected chi connectivity index (χ1v) is 10.5. The van der Waals surface area contributed by atoms with Gasteiger partial charge in [0.15, 0.2) is 5.82 Å². The van der Waals surface area contributed by atoms with Crippen LogP contribution in [0.3, 0.4) is 0 Å². The Bertz CT molecular complexity index is 891. The van der Waals surface area contributed by atoms with Gasteiger partial charge in [-0.15, -0.1) is 0 Å². The van der Waals surface area contributed by atoms with Gasteiger partial charge in [-0.05, 0) is 63.9 Å². The lowest BCUT2D eigenvalue weighted by Gasteiger charge is -2.30. The number of hydrogen-bond donors (Lipinski definition) is 4. The molecule has 1 aliphatic heterocycles. The summed E-state index contributed by atoms with van der Waals surface area (Å²) in [5.41, 5.74) is 2.35. The van der Waals surface area contributed by atoms with Crippen LogP contribution >= 0.6 is 0 Å². The first-order chi connectivity index (χ1) is 15.0. The fourth-order valence-electron chi connectivity index (χ4n) is 3.62. The predicted octanol–water partition coefficient (Wildman–Crippen LogP) is 2.14. The van der Waals surface area contributed by atoms with Crippen LogP contribution in [0.15, 0.2) is 18.2 Å². The third kappa shape index (κ3) is 6.42. The van der Waals surface area contributed by atoms with Crippen molar-refractivity contribution in [1.82, 2.24) is 30.7 Å². The van der Waals surface area contributed by atoms with Gasteiger partial charge in [-0.1, -0.05) is 6.07 Å². The maximum Gasteiger partial charge on any atom is 0.406 e. The number of ether oxygens (including phenoxy) is 1. The lowest BCUT2D eigenvalue weighted by Crippen LogP contribution is -2.33. The second-order valence-corrected chi connectivity index (χ2v) is 7.80. The summed E-state index contributed by atoms with van der Waals surface area (Å²) in [6.07, 6.45) is 2.10. The Morgan fingerprint density at radius 3 is 2.61 bits per heavy atom. The van der Waals surface area contributed by atoms with E-state index < -0.39 is 6.09 Å². The molecule has 1 saturated heterocycles. The molecule has 3 heterocycles. The molecule has 2 amide bonds. The number of nitrogens with zero attached hydrogens (tertiary/aromatic N) is 3. The summed E-state index contributed by atoms with van der Waals surface area (Å²) >= 11 is 0. The highest BCUT2D eigenvalue weighted by molar-refractivity contribution is 5.94. The standard InChI is InChI=1S/C21H31N7O3/c1-14-13-18(27-26-14)24-17-6-5-16(15-7-11-28(2)12-8-15)19(25-17)20(29)22-9-4-10-23-21(30)31-3/h5-6,13,15H,4,7-12H2,1-3H3,(H,22,29)(H,23,30)(H2,24,25,26,27). The zero-order chi connectivity index (χ0) is 22.2. The van der Waals surface area contributed by atoms with Crippen molar-refractivity contribution in [2.75, 3.05) is 45.7 Å². The number of likely N-dealkylation sites (tertiary alicyclic amines) is 1. The van der Waals surface area contributed by atoms with Crippen molar-refractivity contribution < 1.29 is 14.3 Å². The van der Waals surface area contributed by atoms with E-state index in [1.54, 1.807) is 0 Å². The Kier molecular flexibility index (Phi) is 7.82. The molecule has 0 spiro atoms. The number of nitrogens with one attached hydrogen (secondary N) is 4. The summed E-state index contributed by atoms with van der Waals surface area (Å²) < 4.78 is 4.54. The minimum absolute atomic E-state index is 0.214. The largest absolute Gasteiger partial charge is 0.453 e. The molecule has 10 heteroatoms. The van der Waals surface area contributed by atoms with Gasteiger partial charge in [0.25, 0.3) is 5.91 Å². The number of rotatable bonds is 8. The van der Waals surface area contributed by atoms with Crippen LogP contribution in [0.4, 0.5) is 16.4 Å². The number of anilines is 2. The number of aromatic amines is 1. The Balaban J connectivity index is 1.70. The summed E-state index contributed by atoms with van der Waals surface area (Å²) in [4.78, 5) is 31.0. The van der Waals surface area contributed by atoms with Gasteiger partial charge in [-0.3, -0.25) is 9.89 Å². The second-order valence-electron chi connectivity index (χ2n) is 7.80. The van der Waals surface area contributed by atoms with E-state index in [4.69, 9.17) is 0 Å². The normalized spacial score (nSPS) is 14.8. The van der Waals surface area contributed by atoms with Crippen molar-refractivity contribution in [3.8, 4) is 0 Å². The molecule has 0 bridgehead atoms. The van der Waals surface area contributed by atoms with E-state index in [0.29, 0.717) is 42.8 Å². The fourth-order valence-corrected chi connectivity index (χ4v) is 3.62. The SMILES string of the molecule is COC(=O)NCCCNC(=O)c1nc(Nc2cc(C)[nH]n2)ccc1C1CCN(C)CC1. The molecule has 4 N–H and O–H groups in total. The number of carbonyl (C=O) groups excluding carboxylic acids is 2. The van der Waals surface area contributed by atoms with Gasteiger partial charge >= 0.3 is 6.09 Å². The average molecular weight is 430 g/mol. The number of alkyl carbamates (subject to hydrolysis) is 1. The predicted molar refractivity (Wildman–Crippen MR) is 118 cm³/mol. The lowest BCUT2D eigenvalue weighted by atomic mass is 9.88. The van der Waals surface area contributed by atoms with Crippen molar-refractivity contribution in [3.05, 3.63) is 35.2 Å². The molecule has 0 aromatic carbocycles. The number of aromatic nitrogens is 3. The van der Waals surface area contributed by atoms with E-state index in [0.717, 1.165) is 37.2 Å². The minimum atomic E-state index is -0.482. The van der Waals surface area contributed by atoms with E-state index in [9.17, 15) is 9.59 Å². The maximum atomic E-state index is 13.0. The third-order valence-corrected chi connectivity index (χ3v) is 5.36. The topological polar surface area (TPSA) is 124 Å². The van der Waals surface area contributed by atoms with E-state index >= 15 is 0 Å². The van der Waals surface area contributed by atoms with Gasteiger partial charge in [0, 0.05) is 24.8 Å². The van der Waals surface area contributed by atoms with Crippen LogP contribution in [-0.2, 0) is 4.74 Å². The zero-order valence-corrected chi connectivity index (χ0v) is 18.3. The quantitative estimate of drug-likeness (QED) is 0.474. The van der Waals surface area contributed by atoms with Crippen LogP contribution in [0.2, 0.25) is 0 Å². The first kappa shape index (κ1) is 22.5. The molecule has 0 atom stereocenters. The van der Waals surface area contributed by atoms with E-state index in [1.807, 2.05) is 25.1 Å². The Labute approximate surface area is 182 Å². The van der Waals surface area contributed by atoms with Gasteiger partial charge in [0.2, 0.25) is 0 Å². The number of piperidine rings is 1. The van der Waals surface area contributed by atoms with Gasteiger partial charge in [0.05, 0.1) is 7.11 Å². The average Bonchev–Trinajstić information content (AvgIpc) is 3.18. The molecule has 3 rings (SSSR count). The first-order valence-electron chi connectivity index (χ1n) is 10.5. The molecule has 1 aliphatic rings. The third-order valence-electron chi connectivity index (χ3n) is 5.36. The molecule has 0 saturated carbocycles. The molecule has 10 nitrogen and oxygen atoms in total. The number of aryl methyl sites for hydroxylation is 1. The smallest absolute Gasteiger partial charge is 0.406 e. The molecule has 1 fully saturated rings. The lowest BCUT2D eigenvalue weighted by molar-refractivity contribution is 0.0946. The summed E-state index contributed by atoms with van der Waals surface area (Å²) in [6, 6.07) is 5.77. The van der Waals surface area contributed by atoms with Gasteiger partial charge < -0.3 is 25.6 Å². The Morgan fingerprint density at radius 1 is 1.19 bits per heavy atom. The number of methoxy groups -OCH3 is 1. The van der Waals surface area contributed by atoms with Crippen LogP contribution in [0.5, 0.6) is 0 Å². The van der Waals surface area contributed by atoms with Crippen LogP contribution in [0, 0.1) is 6.92 Å². The van der Waals surface area contributed by atoms with E-state index in [-0.39, 0.29) is 5.91 Å². The van der Waals surface area contributed by atoms with Gasteiger partial charge in [-0.25, -0.2) is 9.78 Å². The van der Waals surface area contributed by atoms with E-state index in [2.05, 4.69) is 47.8 Å². The summed E-state index contributed by atoms with van der Waals surface area (Å²) in [5.74, 6) is 1.30. The van der Waals surface area contributed by atoms with Crippen molar-refractivity contribution in [1.29, 1.82) is 0 Å². The Morgan fingerprint density at radius 2 is 1.94 bits per heavy atom. The Hall–Kier alpha value is -3.14. The van der Waals surface area contributed by atoms with Crippen LogP contribution in [0.1, 0.15) is 46.9 Å². The summed E-state index contributed by atoms with van der Waals surface area (Å²) in [7, 11) is 3.43. The number of hydrogen-bond acceptors (Lipinski definition) is 7. The second kappa shape index (κ2) is 10.8. The molecular weight excluding hydrogens is 398 g/mol. The maximum absolute atomic E-state index is 13.0. The highest BCUT2D eigenvalue weighted by Gasteiger charge is 2.24. The van der Waals surface area contributed by atoms with Crippen molar-refractivity contribution in [2.45, 2.75) is 32.1 Å². The fraction of sp³-hybridized carbons (Fsp3) is 0.524. The zero-order valence-electron chi connectivity index (χ0n) is 18.3. The highest BCUT2D eigenvalue weighted by atomic mass is 16.5. The van der Waals surface area contributed by atoms with Crippen LogP contribution in [0.25, 0.3) is 0 Å². The van der Waals surface area contributed by atoms with Crippen LogP contribution < -0.4 is 16.0 Å². The number of H-pyrrole nitrogens is 1. The summed E-state index contributed by atoms with van der Waals surface area (Å²) in [5, 5.41) is 15.7. The van der Waals surface area contributed by atoms with Gasteiger partial charge in [0.1, 0.15) is 11.5 Å². The molecular formula is C21H31N7O3.